The maximum Gasteiger partial charge on any atom is 0.123 e. The van der Waals surface area contributed by atoms with E-state index in [1.165, 1.54) is 12.1 Å². The highest BCUT2D eigenvalue weighted by Crippen LogP contribution is 2.34. The van der Waals surface area contributed by atoms with Gasteiger partial charge in [-0.2, -0.15) is 5.10 Å². The summed E-state index contributed by atoms with van der Waals surface area (Å²) in [5, 5.41) is 8.82. The van der Waals surface area contributed by atoms with Crippen LogP contribution in [0.25, 0.3) is 33.4 Å². The van der Waals surface area contributed by atoms with Gasteiger partial charge in [-0.25, -0.2) is 4.39 Å². The first-order valence-electron chi connectivity index (χ1n) is 12.3. The van der Waals surface area contributed by atoms with E-state index >= 15 is 0 Å². The smallest absolute Gasteiger partial charge is 0.123 e. The second kappa shape index (κ2) is 11.2. The third-order valence-corrected chi connectivity index (χ3v) is 6.29. The summed E-state index contributed by atoms with van der Waals surface area (Å²) in [6, 6.07) is 15.0. The fourth-order valence-electron chi connectivity index (χ4n) is 4.55. The van der Waals surface area contributed by atoms with Crippen molar-refractivity contribution >= 4 is 22.0 Å². The lowest BCUT2D eigenvalue weighted by atomic mass is 9.97. The minimum atomic E-state index is -0.272. The zero-order chi connectivity index (χ0) is 26.5. The number of rotatable bonds is 9. The molecule has 0 aliphatic heterocycles. The van der Waals surface area contributed by atoms with E-state index in [0.717, 1.165) is 67.9 Å². The Labute approximate surface area is 218 Å². The summed E-state index contributed by atoms with van der Waals surface area (Å²) < 4.78 is 14.0. The summed E-state index contributed by atoms with van der Waals surface area (Å²) in [4.78, 5) is 5.62. The highest BCUT2D eigenvalue weighted by Gasteiger charge is 2.17. The SMILES string of the molecule is C=C/C=C(/c1cccc(F)c1)c1cc(-c2n[nH]c3ccc(C(/C=C(\C=C)CN(C)C)=C/C)cc23)[nH]c1C. The highest BCUT2D eigenvalue weighted by molar-refractivity contribution is 5.96. The van der Waals surface area contributed by atoms with Gasteiger partial charge in [0, 0.05) is 23.2 Å². The molecule has 0 aliphatic rings. The van der Waals surface area contributed by atoms with Gasteiger partial charge in [0.15, 0.2) is 0 Å². The molecule has 0 saturated heterocycles. The summed E-state index contributed by atoms with van der Waals surface area (Å²) >= 11 is 0. The van der Waals surface area contributed by atoms with Crippen LogP contribution in [0.15, 0.2) is 97.6 Å². The van der Waals surface area contributed by atoms with Crippen molar-refractivity contribution < 1.29 is 4.39 Å². The largest absolute Gasteiger partial charge is 0.357 e. The van der Waals surface area contributed by atoms with E-state index in [4.69, 9.17) is 0 Å². The first-order chi connectivity index (χ1) is 17.8. The van der Waals surface area contributed by atoms with Crippen molar-refractivity contribution in [2.45, 2.75) is 13.8 Å². The second-order valence-electron chi connectivity index (χ2n) is 9.29. The number of aryl methyl sites for hydroxylation is 1. The number of hydrogen-bond donors (Lipinski definition) is 2. The van der Waals surface area contributed by atoms with Gasteiger partial charge in [-0.1, -0.05) is 61.7 Å². The second-order valence-corrected chi connectivity index (χ2v) is 9.29. The van der Waals surface area contributed by atoms with Gasteiger partial charge in [-0.3, -0.25) is 5.10 Å². The number of fused-ring (bicyclic) bond motifs is 1. The molecule has 4 nitrogen and oxygen atoms in total. The van der Waals surface area contributed by atoms with Crippen LogP contribution in [0.5, 0.6) is 0 Å². The minimum Gasteiger partial charge on any atom is -0.357 e. The fourth-order valence-corrected chi connectivity index (χ4v) is 4.55. The predicted molar refractivity (Wildman–Crippen MR) is 155 cm³/mol. The van der Waals surface area contributed by atoms with Crippen molar-refractivity contribution in [3.8, 4) is 11.4 Å². The molecule has 0 atom stereocenters. The van der Waals surface area contributed by atoms with Crippen LogP contribution in [0.1, 0.15) is 29.3 Å². The number of hydrogen-bond acceptors (Lipinski definition) is 2. The molecule has 2 aromatic carbocycles. The number of nitrogens with zero attached hydrogens (tertiary/aromatic N) is 2. The first kappa shape index (κ1) is 25.9. The molecule has 2 aromatic heterocycles. The van der Waals surface area contributed by atoms with Gasteiger partial charge in [0.25, 0.3) is 0 Å². The Hall–Kier alpha value is -4.22. The van der Waals surface area contributed by atoms with E-state index in [9.17, 15) is 4.39 Å². The molecular formula is C32H33FN4. The zero-order valence-electron chi connectivity index (χ0n) is 21.9. The molecule has 2 N–H and O–H groups in total. The quantitative estimate of drug-likeness (QED) is 0.235. The molecule has 0 fully saturated rings. The van der Waals surface area contributed by atoms with Crippen LogP contribution >= 0.6 is 0 Å². The number of halogens is 1. The number of aromatic amines is 2. The number of aromatic nitrogens is 3. The molecule has 188 valence electrons. The van der Waals surface area contributed by atoms with Gasteiger partial charge in [-0.15, -0.1) is 0 Å². The number of allylic oxidation sites excluding steroid dienone is 5. The minimum absolute atomic E-state index is 0.272. The summed E-state index contributed by atoms with van der Waals surface area (Å²) in [6.45, 7) is 12.7. The number of benzene rings is 2. The summed E-state index contributed by atoms with van der Waals surface area (Å²) in [5.74, 6) is -0.272. The summed E-state index contributed by atoms with van der Waals surface area (Å²) in [5.41, 5.74) is 9.68. The Morgan fingerprint density at radius 3 is 2.57 bits per heavy atom. The first-order valence-corrected chi connectivity index (χ1v) is 12.3. The molecule has 4 aromatic rings. The van der Waals surface area contributed by atoms with Crippen LogP contribution < -0.4 is 0 Å². The topological polar surface area (TPSA) is 47.7 Å². The van der Waals surface area contributed by atoms with Crippen molar-refractivity contribution in [1.82, 2.24) is 20.1 Å². The summed E-state index contributed by atoms with van der Waals surface area (Å²) in [6.07, 6.45) is 9.83. The normalized spacial score (nSPS) is 13.0. The molecular weight excluding hydrogens is 459 g/mol. The van der Waals surface area contributed by atoms with Crippen LogP contribution in [0.2, 0.25) is 0 Å². The van der Waals surface area contributed by atoms with E-state index in [1.807, 2.05) is 46.2 Å². The monoisotopic (exact) mass is 492 g/mol. The van der Waals surface area contributed by atoms with E-state index in [0.29, 0.717) is 0 Å². The lowest BCUT2D eigenvalue weighted by Gasteiger charge is -2.11. The van der Waals surface area contributed by atoms with Gasteiger partial charge in [0.1, 0.15) is 11.5 Å². The van der Waals surface area contributed by atoms with Gasteiger partial charge in [-0.05, 0) is 86.1 Å². The van der Waals surface area contributed by atoms with Gasteiger partial charge >= 0.3 is 0 Å². The van der Waals surface area contributed by atoms with Crippen molar-refractivity contribution in [3.05, 3.63) is 126 Å². The van der Waals surface area contributed by atoms with Crippen LogP contribution in [0.4, 0.5) is 4.39 Å². The third-order valence-electron chi connectivity index (χ3n) is 6.29. The van der Waals surface area contributed by atoms with E-state index in [2.05, 4.69) is 69.7 Å². The average Bonchev–Trinajstić information content (AvgIpc) is 3.47. The Bertz CT molecular complexity index is 1540. The maximum atomic E-state index is 14.0. The van der Waals surface area contributed by atoms with Gasteiger partial charge < -0.3 is 9.88 Å². The highest BCUT2D eigenvalue weighted by atomic mass is 19.1. The molecule has 5 heteroatoms. The molecule has 0 saturated carbocycles. The van der Waals surface area contributed by atoms with Crippen LogP contribution in [-0.4, -0.2) is 40.7 Å². The van der Waals surface area contributed by atoms with E-state index < -0.39 is 0 Å². The van der Waals surface area contributed by atoms with Crippen molar-refractivity contribution in [1.29, 1.82) is 0 Å². The molecule has 2 heterocycles. The van der Waals surface area contributed by atoms with Crippen LogP contribution in [-0.2, 0) is 0 Å². The number of nitrogens with one attached hydrogen (secondary N) is 2. The lowest BCUT2D eigenvalue weighted by molar-refractivity contribution is 0.449. The van der Waals surface area contributed by atoms with Crippen LogP contribution in [0, 0.1) is 12.7 Å². The predicted octanol–water partition coefficient (Wildman–Crippen LogP) is 7.70. The van der Waals surface area contributed by atoms with Crippen molar-refractivity contribution in [2.75, 3.05) is 20.6 Å². The zero-order valence-corrected chi connectivity index (χ0v) is 21.9. The Kier molecular flexibility index (Phi) is 7.85. The van der Waals surface area contributed by atoms with E-state index in [-0.39, 0.29) is 5.82 Å². The number of H-pyrrole nitrogens is 2. The Morgan fingerprint density at radius 1 is 1.08 bits per heavy atom. The average molecular weight is 493 g/mol. The molecule has 4 rings (SSSR count). The molecule has 0 bridgehead atoms. The van der Waals surface area contributed by atoms with Crippen LogP contribution in [0.3, 0.4) is 0 Å². The molecule has 0 amide bonds. The van der Waals surface area contributed by atoms with Crippen molar-refractivity contribution in [3.63, 3.8) is 0 Å². The Balaban J connectivity index is 1.78. The van der Waals surface area contributed by atoms with E-state index in [1.54, 1.807) is 12.1 Å². The molecule has 0 aliphatic carbocycles. The molecule has 0 spiro atoms. The molecule has 0 unspecified atom stereocenters. The van der Waals surface area contributed by atoms with Crippen molar-refractivity contribution in [2.24, 2.45) is 0 Å². The number of likely N-dealkylation sites (N-methyl/N-ethyl adjacent to an activating group) is 1. The van der Waals surface area contributed by atoms with Gasteiger partial charge in [0.05, 0.1) is 11.2 Å². The van der Waals surface area contributed by atoms with Gasteiger partial charge in [0.2, 0.25) is 0 Å². The maximum absolute atomic E-state index is 14.0. The molecule has 37 heavy (non-hydrogen) atoms. The fraction of sp³-hybridized carbons (Fsp3) is 0.156. The molecule has 0 radical (unpaired) electrons. The standard InChI is InChI=1S/C32H33FN4/c1-7-11-27(25-12-10-13-26(33)17-25)28-19-31(34-21(28)4)32-29-18-24(14-15-30(29)35-36-32)23(9-3)16-22(8-2)20-37(5)6/h7-19,34H,1-2,20H2,3-6H3,(H,35,36)/b22-16+,23-9+,27-11-. The Morgan fingerprint density at radius 2 is 1.89 bits per heavy atom. The lowest BCUT2D eigenvalue weighted by Crippen LogP contribution is -2.14. The third kappa shape index (κ3) is 5.63. The summed E-state index contributed by atoms with van der Waals surface area (Å²) in [7, 11) is 4.10.